The van der Waals surface area contributed by atoms with E-state index in [0.29, 0.717) is 0 Å². The summed E-state index contributed by atoms with van der Waals surface area (Å²) in [4.78, 5) is 2.81. The minimum absolute atomic E-state index is 1.01. The fourth-order valence-electron chi connectivity index (χ4n) is 3.96. The van der Waals surface area contributed by atoms with E-state index in [1.165, 1.54) is 51.6 Å². The van der Waals surface area contributed by atoms with Crippen molar-refractivity contribution in [1.82, 2.24) is 4.90 Å². The molecule has 2 heterocycles. The van der Waals surface area contributed by atoms with Crippen LogP contribution in [0.25, 0.3) is 0 Å². The zero-order valence-corrected chi connectivity index (χ0v) is 8.54. The quantitative estimate of drug-likeness (QED) is 0.552. The first-order valence-electron chi connectivity index (χ1n) is 6.17. The van der Waals surface area contributed by atoms with Crippen LogP contribution in [0.1, 0.15) is 44.9 Å². The van der Waals surface area contributed by atoms with Gasteiger partial charge in [-0.3, -0.25) is 4.90 Å². The van der Waals surface area contributed by atoms with E-state index < -0.39 is 0 Å². The van der Waals surface area contributed by atoms with Crippen molar-refractivity contribution in [2.45, 2.75) is 51.0 Å². The number of hydrogen-bond acceptors (Lipinski definition) is 1. The van der Waals surface area contributed by atoms with E-state index in [1.807, 2.05) is 0 Å². The summed E-state index contributed by atoms with van der Waals surface area (Å²) < 4.78 is 0. The molecule has 0 spiro atoms. The van der Waals surface area contributed by atoms with Crippen LogP contribution in [0.3, 0.4) is 0 Å². The summed E-state index contributed by atoms with van der Waals surface area (Å²) in [7, 11) is 0. The van der Waals surface area contributed by atoms with Crippen LogP contribution >= 0.6 is 0 Å². The normalized spacial score (nSPS) is 45.7. The largest absolute Gasteiger partial charge is 0.300 e. The lowest BCUT2D eigenvalue weighted by atomic mass is 9.82. The second-order valence-electron chi connectivity index (χ2n) is 5.35. The Morgan fingerprint density at radius 2 is 1.85 bits per heavy atom. The van der Waals surface area contributed by atoms with Crippen molar-refractivity contribution in [2.24, 2.45) is 11.8 Å². The molecule has 3 aliphatic rings. The molecule has 2 saturated heterocycles. The Balaban J connectivity index is 1.79. The maximum Gasteiger partial charge on any atom is 0.0124 e. The molecule has 1 saturated carbocycles. The fraction of sp³-hybridized carbons (Fsp3) is 1.00. The highest BCUT2D eigenvalue weighted by atomic mass is 15.2. The topological polar surface area (TPSA) is 3.24 Å². The average molecular weight is 179 g/mol. The first kappa shape index (κ1) is 8.28. The lowest BCUT2D eigenvalue weighted by Crippen LogP contribution is -2.44. The number of rotatable bonds is 0. The van der Waals surface area contributed by atoms with Crippen molar-refractivity contribution >= 4 is 0 Å². The summed E-state index contributed by atoms with van der Waals surface area (Å²) in [6.45, 7) is 2.86. The highest BCUT2D eigenvalue weighted by Crippen LogP contribution is 2.40. The van der Waals surface area contributed by atoms with Crippen molar-refractivity contribution < 1.29 is 0 Å². The zero-order chi connectivity index (χ0) is 8.67. The molecule has 3 unspecified atom stereocenters. The van der Waals surface area contributed by atoms with Crippen LogP contribution in [-0.4, -0.2) is 24.0 Å². The monoisotopic (exact) mass is 179 g/mol. The molecule has 0 N–H and O–H groups in total. The van der Waals surface area contributed by atoms with E-state index in [1.54, 1.807) is 6.42 Å². The summed E-state index contributed by atoms with van der Waals surface area (Å²) in [5.74, 6) is 2.16. The number of hydrogen-bond donors (Lipinski definition) is 0. The van der Waals surface area contributed by atoms with Crippen LogP contribution in [0.4, 0.5) is 0 Å². The summed E-state index contributed by atoms with van der Waals surface area (Å²) in [5.41, 5.74) is 0. The molecule has 3 atom stereocenters. The molecule has 0 radical (unpaired) electrons. The van der Waals surface area contributed by atoms with Gasteiger partial charge in [0.2, 0.25) is 0 Å². The molecule has 2 bridgehead atoms. The molecular weight excluding hydrogens is 158 g/mol. The van der Waals surface area contributed by atoms with Crippen LogP contribution in [0.5, 0.6) is 0 Å². The third-order valence-electron chi connectivity index (χ3n) is 4.52. The summed E-state index contributed by atoms with van der Waals surface area (Å²) in [5, 5.41) is 0. The van der Waals surface area contributed by atoms with Crippen molar-refractivity contribution in [2.75, 3.05) is 13.1 Å². The molecule has 0 aromatic carbocycles. The smallest absolute Gasteiger partial charge is 0.0124 e. The lowest BCUT2D eigenvalue weighted by Gasteiger charge is -2.39. The summed E-state index contributed by atoms with van der Waals surface area (Å²) in [6.07, 6.45) is 10.7. The standard InChI is InChI=1S/C12H21N/c1-2-5-11-8-10(4-1)9-13-7-3-6-12(11)13/h10-12H,1-9H2. The first-order valence-corrected chi connectivity index (χ1v) is 6.17. The molecule has 1 nitrogen and oxygen atoms in total. The second kappa shape index (κ2) is 3.27. The predicted molar refractivity (Wildman–Crippen MR) is 54.7 cm³/mol. The third kappa shape index (κ3) is 1.41. The Kier molecular flexibility index (Phi) is 2.08. The van der Waals surface area contributed by atoms with Gasteiger partial charge in [-0.1, -0.05) is 12.8 Å². The molecule has 1 heteroatoms. The second-order valence-corrected chi connectivity index (χ2v) is 5.35. The van der Waals surface area contributed by atoms with Gasteiger partial charge in [-0.2, -0.15) is 0 Å². The van der Waals surface area contributed by atoms with Crippen molar-refractivity contribution in [3.05, 3.63) is 0 Å². The van der Waals surface area contributed by atoms with Gasteiger partial charge >= 0.3 is 0 Å². The Labute approximate surface area is 81.5 Å². The van der Waals surface area contributed by atoms with E-state index in [0.717, 1.165) is 17.9 Å². The summed E-state index contributed by atoms with van der Waals surface area (Å²) >= 11 is 0. The molecule has 74 valence electrons. The van der Waals surface area contributed by atoms with Gasteiger partial charge in [0.15, 0.2) is 0 Å². The van der Waals surface area contributed by atoms with Crippen molar-refractivity contribution in [3.8, 4) is 0 Å². The van der Waals surface area contributed by atoms with Gasteiger partial charge in [-0.05, 0) is 50.5 Å². The minimum Gasteiger partial charge on any atom is -0.300 e. The molecular formula is C12H21N. The fourth-order valence-corrected chi connectivity index (χ4v) is 3.96. The van der Waals surface area contributed by atoms with Crippen molar-refractivity contribution in [3.63, 3.8) is 0 Å². The highest BCUT2D eigenvalue weighted by molar-refractivity contribution is 4.93. The first-order chi connectivity index (χ1) is 6.43. The number of piperidine rings is 1. The van der Waals surface area contributed by atoms with Gasteiger partial charge in [-0.15, -0.1) is 0 Å². The Morgan fingerprint density at radius 3 is 2.85 bits per heavy atom. The van der Waals surface area contributed by atoms with Gasteiger partial charge < -0.3 is 0 Å². The van der Waals surface area contributed by atoms with E-state index in [-0.39, 0.29) is 0 Å². The molecule has 0 aromatic heterocycles. The highest BCUT2D eigenvalue weighted by Gasteiger charge is 2.38. The van der Waals surface area contributed by atoms with Gasteiger partial charge in [0.25, 0.3) is 0 Å². The lowest BCUT2D eigenvalue weighted by molar-refractivity contribution is 0.0917. The molecule has 0 amide bonds. The van der Waals surface area contributed by atoms with Crippen LogP contribution in [0.2, 0.25) is 0 Å². The van der Waals surface area contributed by atoms with Crippen LogP contribution in [0.15, 0.2) is 0 Å². The van der Waals surface area contributed by atoms with E-state index in [9.17, 15) is 0 Å². The van der Waals surface area contributed by atoms with Gasteiger partial charge in [0, 0.05) is 12.6 Å². The summed E-state index contributed by atoms with van der Waals surface area (Å²) in [6, 6.07) is 1.01. The Bertz CT molecular complexity index is 188. The Hall–Kier alpha value is -0.0400. The van der Waals surface area contributed by atoms with Crippen LogP contribution < -0.4 is 0 Å². The van der Waals surface area contributed by atoms with Gasteiger partial charge in [0.1, 0.15) is 0 Å². The maximum atomic E-state index is 2.81. The van der Waals surface area contributed by atoms with E-state index >= 15 is 0 Å². The van der Waals surface area contributed by atoms with Crippen LogP contribution in [-0.2, 0) is 0 Å². The predicted octanol–water partition coefficient (Wildman–Crippen LogP) is 2.66. The molecule has 13 heavy (non-hydrogen) atoms. The molecule has 3 rings (SSSR count). The minimum atomic E-state index is 1.01. The molecule has 0 aromatic rings. The molecule has 2 aliphatic heterocycles. The number of fused-ring (bicyclic) bond motifs is 4. The third-order valence-corrected chi connectivity index (χ3v) is 4.52. The van der Waals surface area contributed by atoms with E-state index in [4.69, 9.17) is 0 Å². The molecule has 1 aliphatic carbocycles. The zero-order valence-electron chi connectivity index (χ0n) is 8.54. The van der Waals surface area contributed by atoms with Gasteiger partial charge in [-0.25, -0.2) is 0 Å². The van der Waals surface area contributed by atoms with Crippen molar-refractivity contribution in [1.29, 1.82) is 0 Å². The van der Waals surface area contributed by atoms with Gasteiger partial charge in [0.05, 0.1) is 0 Å². The van der Waals surface area contributed by atoms with Crippen LogP contribution in [0, 0.1) is 11.8 Å². The van der Waals surface area contributed by atoms with E-state index in [2.05, 4.69) is 4.90 Å². The number of nitrogens with zero attached hydrogens (tertiary/aromatic N) is 1. The Morgan fingerprint density at radius 1 is 0.923 bits per heavy atom. The molecule has 3 fully saturated rings. The average Bonchev–Trinajstić information content (AvgIpc) is 2.51. The SMILES string of the molecule is C1CCC2CC(C1)CN1CCCC21. The maximum absolute atomic E-state index is 2.81.